The zero-order valence-electron chi connectivity index (χ0n) is 9.03. The summed E-state index contributed by atoms with van der Waals surface area (Å²) in [6.07, 6.45) is -1.07. The van der Waals surface area contributed by atoms with E-state index in [0.717, 1.165) is 0 Å². The summed E-state index contributed by atoms with van der Waals surface area (Å²) in [5.41, 5.74) is 0.0367. The molecule has 108 valence electrons. The highest BCUT2D eigenvalue weighted by atomic mass is 79.9. The van der Waals surface area contributed by atoms with E-state index in [2.05, 4.69) is 31.9 Å². The fourth-order valence-corrected chi connectivity index (χ4v) is 3.94. The third-order valence-corrected chi connectivity index (χ3v) is 7.79. The predicted octanol–water partition coefficient (Wildman–Crippen LogP) is -0.140. The van der Waals surface area contributed by atoms with Crippen molar-refractivity contribution in [2.75, 3.05) is 0 Å². The van der Waals surface area contributed by atoms with Gasteiger partial charge in [0.15, 0.2) is 12.7 Å². The van der Waals surface area contributed by atoms with Crippen molar-refractivity contribution in [2.45, 2.75) is 11.5 Å². The molecular formula is C8H7Br2O7P2-3. The molecule has 0 aromatic heterocycles. The van der Waals surface area contributed by atoms with E-state index in [9.17, 15) is 28.9 Å². The molecule has 0 aliphatic carbocycles. The Morgan fingerprint density at radius 1 is 1.16 bits per heavy atom. The Balaban J connectivity index is 3.28. The lowest BCUT2D eigenvalue weighted by Gasteiger charge is -2.49. The molecule has 0 saturated heterocycles. The van der Waals surface area contributed by atoms with Gasteiger partial charge in [-0.1, -0.05) is 6.07 Å². The van der Waals surface area contributed by atoms with Gasteiger partial charge in [0.05, 0.1) is 0 Å². The van der Waals surface area contributed by atoms with Gasteiger partial charge in [-0.05, 0) is 57.2 Å². The van der Waals surface area contributed by atoms with Crippen LogP contribution >= 0.6 is 47.1 Å². The first kappa shape index (κ1) is 17.5. The minimum atomic E-state index is -6.00. The molecular weight excluding hydrogens is 430 g/mol. The van der Waals surface area contributed by atoms with Gasteiger partial charge in [-0.3, -0.25) is 0 Å². The molecule has 1 aromatic carbocycles. The smallest absolute Gasteiger partial charge is 0.169 e. The molecule has 0 aliphatic heterocycles. The summed E-state index contributed by atoms with van der Waals surface area (Å²) in [7, 11) is -11.8. The maximum atomic E-state index is 11.0. The summed E-state index contributed by atoms with van der Waals surface area (Å²) in [4.78, 5) is 41.7. The lowest BCUT2D eigenvalue weighted by atomic mass is 10.2. The van der Waals surface area contributed by atoms with Crippen LogP contribution in [0.1, 0.15) is 5.56 Å². The predicted molar refractivity (Wildman–Crippen MR) is 67.9 cm³/mol. The second-order valence-corrected chi connectivity index (χ2v) is 9.29. The molecule has 0 heterocycles. The lowest BCUT2D eigenvalue weighted by Crippen LogP contribution is -2.43. The van der Waals surface area contributed by atoms with Crippen LogP contribution in [0.4, 0.5) is 0 Å². The monoisotopic (exact) mass is 435 g/mol. The fourth-order valence-electron chi connectivity index (χ4n) is 1.27. The molecule has 1 rings (SSSR count). The molecule has 2 N–H and O–H groups in total. The Morgan fingerprint density at radius 2 is 1.68 bits per heavy atom. The highest BCUT2D eigenvalue weighted by Gasteiger charge is 2.41. The Labute approximate surface area is 125 Å². The molecule has 2 atom stereocenters. The van der Waals surface area contributed by atoms with E-state index >= 15 is 0 Å². The third kappa shape index (κ3) is 3.75. The highest BCUT2D eigenvalue weighted by molar-refractivity contribution is 9.13. The van der Waals surface area contributed by atoms with Crippen molar-refractivity contribution in [3.05, 3.63) is 32.7 Å². The SMILES string of the molecule is O=P([O-])([O-])C(O)(Cc1ccc(Br)c(Br)c1)P(=O)([O-])O. The van der Waals surface area contributed by atoms with Crippen LogP contribution in [0.2, 0.25) is 0 Å². The number of aliphatic hydroxyl groups is 1. The number of hydrogen-bond acceptors (Lipinski definition) is 6. The molecule has 2 unspecified atom stereocenters. The van der Waals surface area contributed by atoms with Crippen LogP contribution in [0.25, 0.3) is 0 Å². The van der Waals surface area contributed by atoms with Crippen LogP contribution in [0.3, 0.4) is 0 Å². The van der Waals surface area contributed by atoms with Crippen molar-refractivity contribution < 1.29 is 33.8 Å². The molecule has 1 aromatic rings. The average molecular weight is 437 g/mol. The first-order valence-electron chi connectivity index (χ1n) is 4.61. The third-order valence-electron chi connectivity index (χ3n) is 2.32. The Morgan fingerprint density at radius 3 is 2.05 bits per heavy atom. The first-order chi connectivity index (χ1) is 8.38. The van der Waals surface area contributed by atoms with Gasteiger partial charge in [0, 0.05) is 15.4 Å². The van der Waals surface area contributed by atoms with Crippen LogP contribution in [-0.2, 0) is 15.6 Å². The zero-order chi connectivity index (χ0) is 15.1. The number of benzene rings is 1. The van der Waals surface area contributed by atoms with Crippen molar-refractivity contribution in [3.63, 3.8) is 0 Å². The maximum absolute atomic E-state index is 11.0. The Bertz CT molecular complexity index is 556. The summed E-state index contributed by atoms with van der Waals surface area (Å²) in [5, 5.41) is 5.79. The molecule has 7 nitrogen and oxygen atoms in total. The van der Waals surface area contributed by atoms with Crippen molar-refractivity contribution in [1.82, 2.24) is 0 Å². The molecule has 19 heavy (non-hydrogen) atoms. The molecule has 0 aliphatic rings. The molecule has 0 radical (unpaired) electrons. The number of halogens is 2. The minimum absolute atomic E-state index is 0.0367. The largest absolute Gasteiger partial charge is 0.808 e. The van der Waals surface area contributed by atoms with Crippen LogP contribution in [0, 0.1) is 0 Å². The van der Waals surface area contributed by atoms with Gasteiger partial charge < -0.3 is 33.8 Å². The van der Waals surface area contributed by atoms with E-state index in [0.29, 0.717) is 8.95 Å². The second-order valence-electron chi connectivity index (χ2n) is 3.72. The highest BCUT2D eigenvalue weighted by Crippen LogP contribution is 2.62. The summed E-state index contributed by atoms with van der Waals surface area (Å²) in [5.74, 6) is 0. The van der Waals surface area contributed by atoms with E-state index in [1.54, 1.807) is 0 Å². The standard InChI is InChI=1S/C8H10Br2O7P2/c9-6-2-1-5(3-7(6)10)4-8(11,18(12,13)14)19(15,16)17/h1-3,11H,4H2,(H2,12,13,14)(H2,15,16,17)/p-3. The van der Waals surface area contributed by atoms with E-state index < -0.39 is 26.7 Å². The lowest BCUT2D eigenvalue weighted by molar-refractivity contribution is -0.328. The fraction of sp³-hybridized carbons (Fsp3) is 0.250. The average Bonchev–Trinajstić information content (AvgIpc) is 2.20. The first-order valence-corrected chi connectivity index (χ1v) is 9.31. The topological polar surface area (TPSA) is 144 Å². The van der Waals surface area contributed by atoms with Crippen molar-refractivity contribution in [2.24, 2.45) is 0 Å². The van der Waals surface area contributed by atoms with Crippen molar-refractivity contribution in [1.29, 1.82) is 0 Å². The van der Waals surface area contributed by atoms with E-state index in [4.69, 9.17) is 4.89 Å². The van der Waals surface area contributed by atoms with E-state index in [1.807, 2.05) is 0 Å². The van der Waals surface area contributed by atoms with Crippen LogP contribution in [-0.4, -0.2) is 15.1 Å². The van der Waals surface area contributed by atoms with Crippen molar-refractivity contribution >= 4 is 47.1 Å². The second kappa shape index (κ2) is 5.67. The summed E-state index contributed by atoms with van der Waals surface area (Å²) < 4.78 is 23.0. The summed E-state index contributed by atoms with van der Waals surface area (Å²) in [6, 6.07) is 4.05. The normalized spacial score (nSPS) is 18.7. The van der Waals surface area contributed by atoms with Crippen molar-refractivity contribution in [3.8, 4) is 0 Å². The van der Waals surface area contributed by atoms with Gasteiger partial charge in [-0.25, -0.2) is 0 Å². The molecule has 0 fully saturated rings. The summed E-state index contributed by atoms with van der Waals surface area (Å²) >= 11 is 6.23. The van der Waals surface area contributed by atoms with Gasteiger partial charge >= 0.3 is 0 Å². The van der Waals surface area contributed by atoms with Crippen LogP contribution < -0.4 is 14.7 Å². The van der Waals surface area contributed by atoms with Crippen LogP contribution in [0.5, 0.6) is 0 Å². The number of rotatable bonds is 4. The molecule has 0 bridgehead atoms. The quantitative estimate of drug-likeness (QED) is 0.625. The van der Waals surface area contributed by atoms with Gasteiger partial charge in [0.25, 0.3) is 0 Å². The Kier molecular flexibility index (Phi) is 5.22. The van der Waals surface area contributed by atoms with Gasteiger partial charge in [-0.2, -0.15) is 0 Å². The van der Waals surface area contributed by atoms with Crippen LogP contribution in [0.15, 0.2) is 27.1 Å². The molecule has 0 saturated carbocycles. The molecule has 0 spiro atoms. The van der Waals surface area contributed by atoms with Gasteiger partial charge in [0.1, 0.15) is 0 Å². The van der Waals surface area contributed by atoms with Gasteiger partial charge in [0.2, 0.25) is 0 Å². The van der Waals surface area contributed by atoms with Gasteiger partial charge in [-0.15, -0.1) is 0 Å². The molecule has 11 heteroatoms. The number of hydrogen-bond donors (Lipinski definition) is 2. The summed E-state index contributed by atoms with van der Waals surface area (Å²) in [6.45, 7) is 0. The minimum Gasteiger partial charge on any atom is -0.808 e. The van der Waals surface area contributed by atoms with E-state index in [1.165, 1.54) is 18.2 Å². The van der Waals surface area contributed by atoms with E-state index in [-0.39, 0.29) is 5.56 Å². The Hall–Kier alpha value is 0.440. The molecule has 0 amide bonds. The zero-order valence-corrected chi connectivity index (χ0v) is 14.0. The maximum Gasteiger partial charge on any atom is 0.169 e.